The van der Waals surface area contributed by atoms with Gasteiger partial charge in [0.1, 0.15) is 11.3 Å². The summed E-state index contributed by atoms with van der Waals surface area (Å²) in [6.45, 7) is 11.8. The molecule has 0 atom stereocenters. The lowest BCUT2D eigenvalue weighted by atomic mass is 9.82. The van der Waals surface area contributed by atoms with E-state index in [0.717, 1.165) is 23.1 Å². The monoisotopic (exact) mass is 349 g/mol. The first-order chi connectivity index (χ1) is 12.3. The molecule has 0 aliphatic carbocycles. The molecule has 4 nitrogen and oxygen atoms in total. The maximum atomic E-state index is 11.6. The van der Waals surface area contributed by atoms with Crippen molar-refractivity contribution in [2.75, 3.05) is 0 Å². The number of hydrogen-bond donors (Lipinski definition) is 0. The third-order valence-corrected chi connectivity index (χ3v) is 4.71. The van der Waals surface area contributed by atoms with Crippen molar-refractivity contribution in [3.63, 3.8) is 0 Å². The lowest BCUT2D eigenvalue weighted by Gasteiger charge is -2.22. The fourth-order valence-electron chi connectivity index (χ4n) is 2.54. The minimum Gasteiger partial charge on any atom is -0.436 e. The summed E-state index contributed by atoms with van der Waals surface area (Å²) in [5, 5.41) is 0. The van der Waals surface area contributed by atoms with E-state index >= 15 is 0 Å². The highest BCUT2D eigenvalue weighted by atomic mass is 16.5. The molecular weight excluding hydrogens is 326 g/mol. The minimum absolute atomic E-state index is 0.0993. The molecule has 0 saturated carbocycles. The molecule has 0 saturated heterocycles. The number of oxazole rings is 1. The average molecular weight is 349 g/mol. The Morgan fingerprint density at radius 3 is 2.50 bits per heavy atom. The van der Waals surface area contributed by atoms with Crippen molar-refractivity contribution in [2.24, 2.45) is 0 Å². The van der Waals surface area contributed by atoms with Gasteiger partial charge in [-0.15, -0.1) is 0 Å². The Kier molecular flexibility index (Phi) is 4.68. The highest BCUT2D eigenvalue weighted by molar-refractivity contribution is 5.88. The molecule has 0 unspecified atom stereocenters. The van der Waals surface area contributed by atoms with Gasteiger partial charge in [-0.2, -0.15) is 0 Å². The summed E-state index contributed by atoms with van der Waals surface area (Å²) in [4.78, 5) is 16.2. The zero-order valence-corrected chi connectivity index (χ0v) is 15.6. The van der Waals surface area contributed by atoms with E-state index in [1.807, 2.05) is 18.2 Å². The fourth-order valence-corrected chi connectivity index (χ4v) is 2.54. The Morgan fingerprint density at radius 1 is 1.19 bits per heavy atom. The van der Waals surface area contributed by atoms with E-state index < -0.39 is 5.97 Å². The van der Waals surface area contributed by atoms with Crippen LogP contribution in [0.25, 0.3) is 22.6 Å². The fraction of sp³-hybridized carbons (Fsp3) is 0.273. The third-order valence-electron chi connectivity index (χ3n) is 4.71. The molecule has 0 N–H and O–H groups in total. The Balaban J connectivity index is 1.88. The van der Waals surface area contributed by atoms with Crippen LogP contribution in [0.3, 0.4) is 0 Å². The number of hydrogen-bond acceptors (Lipinski definition) is 4. The van der Waals surface area contributed by atoms with Crippen LogP contribution in [0.15, 0.2) is 59.0 Å². The molecule has 0 amide bonds. The van der Waals surface area contributed by atoms with Crippen LogP contribution in [0, 0.1) is 0 Å². The van der Waals surface area contributed by atoms with Crippen molar-refractivity contribution >= 4 is 17.1 Å². The summed E-state index contributed by atoms with van der Waals surface area (Å²) in [7, 11) is 0. The molecule has 1 heterocycles. The van der Waals surface area contributed by atoms with Gasteiger partial charge in [0.05, 0.1) is 0 Å². The number of aromatic nitrogens is 1. The third kappa shape index (κ3) is 3.54. The summed E-state index contributed by atoms with van der Waals surface area (Å²) >= 11 is 0. The zero-order valence-electron chi connectivity index (χ0n) is 15.6. The van der Waals surface area contributed by atoms with E-state index in [-0.39, 0.29) is 5.41 Å². The van der Waals surface area contributed by atoms with Gasteiger partial charge in [-0.05, 0) is 60.7 Å². The zero-order chi connectivity index (χ0) is 18.9. The number of nitrogens with zero attached hydrogens (tertiary/aromatic N) is 1. The van der Waals surface area contributed by atoms with E-state index in [9.17, 15) is 4.79 Å². The van der Waals surface area contributed by atoms with Crippen LogP contribution in [-0.2, 0) is 10.2 Å². The molecule has 0 fully saturated rings. The number of carbonyl (C=O) groups excluding carboxylic acids is 1. The molecule has 0 aliphatic heterocycles. The van der Waals surface area contributed by atoms with Crippen LogP contribution >= 0.6 is 0 Å². The Bertz CT molecular complexity index is 965. The summed E-state index contributed by atoms with van der Waals surface area (Å²) in [6, 6.07) is 13.2. The molecule has 4 heteroatoms. The van der Waals surface area contributed by atoms with Gasteiger partial charge in [-0.3, -0.25) is 0 Å². The summed E-state index contributed by atoms with van der Waals surface area (Å²) < 4.78 is 11.1. The predicted octanol–water partition coefficient (Wildman–Crippen LogP) is 5.66. The van der Waals surface area contributed by atoms with E-state index in [1.54, 1.807) is 19.1 Å². The van der Waals surface area contributed by atoms with Gasteiger partial charge in [0.2, 0.25) is 5.89 Å². The van der Waals surface area contributed by atoms with Gasteiger partial charge in [0.15, 0.2) is 5.58 Å². The predicted molar refractivity (Wildman–Crippen MR) is 103 cm³/mol. The molecule has 0 bridgehead atoms. The van der Waals surface area contributed by atoms with E-state index in [1.165, 1.54) is 5.56 Å². The molecule has 3 aromatic rings. The molecule has 0 aliphatic rings. The van der Waals surface area contributed by atoms with Gasteiger partial charge in [-0.25, -0.2) is 9.78 Å². The Hall–Kier alpha value is -2.88. The molecule has 3 rings (SSSR count). The van der Waals surface area contributed by atoms with E-state index in [4.69, 9.17) is 9.15 Å². The van der Waals surface area contributed by atoms with Crippen molar-refractivity contribution in [2.45, 2.75) is 39.5 Å². The quantitative estimate of drug-likeness (QED) is 0.338. The topological polar surface area (TPSA) is 52.3 Å². The van der Waals surface area contributed by atoms with Crippen LogP contribution in [-0.4, -0.2) is 11.0 Å². The molecule has 0 spiro atoms. The number of esters is 1. The van der Waals surface area contributed by atoms with Gasteiger partial charge in [0, 0.05) is 11.1 Å². The minimum atomic E-state index is -0.439. The van der Waals surface area contributed by atoms with Crippen LogP contribution in [0.5, 0.6) is 5.75 Å². The summed E-state index contributed by atoms with van der Waals surface area (Å²) in [5.74, 6) is 0.569. The average Bonchev–Trinajstić information content (AvgIpc) is 3.05. The summed E-state index contributed by atoms with van der Waals surface area (Å²) in [6.07, 6.45) is 1.05. The van der Waals surface area contributed by atoms with Crippen molar-refractivity contribution in [3.05, 3.63) is 60.2 Å². The number of rotatable bonds is 5. The molecule has 2 aromatic carbocycles. The standard InChI is InChI=1S/C22H23NO3/c1-6-22(4,5)16-9-12-19-18(13-16)23-20(26-19)15-7-10-17(11-8-15)25-21(24)14(2)3/h7-13H,2,6H2,1,3-5H3. The van der Waals surface area contributed by atoms with Crippen LogP contribution in [0.1, 0.15) is 39.7 Å². The van der Waals surface area contributed by atoms with Gasteiger partial charge in [0.25, 0.3) is 0 Å². The second-order valence-corrected chi connectivity index (χ2v) is 7.13. The number of benzene rings is 2. The van der Waals surface area contributed by atoms with E-state index in [0.29, 0.717) is 17.2 Å². The van der Waals surface area contributed by atoms with Gasteiger partial charge in [-0.1, -0.05) is 33.4 Å². The Labute approximate surface area is 153 Å². The van der Waals surface area contributed by atoms with Crippen molar-refractivity contribution < 1.29 is 13.9 Å². The van der Waals surface area contributed by atoms with E-state index in [2.05, 4.69) is 44.5 Å². The van der Waals surface area contributed by atoms with Crippen molar-refractivity contribution in [3.8, 4) is 17.2 Å². The number of ether oxygens (including phenoxy) is 1. The number of carbonyl (C=O) groups is 1. The van der Waals surface area contributed by atoms with Gasteiger partial charge < -0.3 is 9.15 Å². The second-order valence-electron chi connectivity index (χ2n) is 7.13. The first-order valence-corrected chi connectivity index (χ1v) is 8.69. The van der Waals surface area contributed by atoms with Crippen molar-refractivity contribution in [1.29, 1.82) is 0 Å². The van der Waals surface area contributed by atoms with Crippen LogP contribution in [0.2, 0.25) is 0 Å². The van der Waals surface area contributed by atoms with Crippen LogP contribution in [0.4, 0.5) is 0 Å². The Morgan fingerprint density at radius 2 is 1.88 bits per heavy atom. The smallest absolute Gasteiger partial charge is 0.338 e. The molecular formula is C22H23NO3. The summed E-state index contributed by atoms with van der Waals surface area (Å²) in [5.41, 5.74) is 4.13. The maximum absolute atomic E-state index is 11.6. The first kappa shape index (κ1) is 17.9. The first-order valence-electron chi connectivity index (χ1n) is 8.69. The normalized spacial score (nSPS) is 11.5. The number of fused-ring (bicyclic) bond motifs is 1. The molecule has 26 heavy (non-hydrogen) atoms. The van der Waals surface area contributed by atoms with Crippen LogP contribution < -0.4 is 4.74 Å². The molecule has 0 radical (unpaired) electrons. The maximum Gasteiger partial charge on any atom is 0.338 e. The highest BCUT2D eigenvalue weighted by Gasteiger charge is 2.19. The second kappa shape index (κ2) is 6.79. The lowest BCUT2D eigenvalue weighted by Crippen LogP contribution is -2.14. The molecule has 1 aromatic heterocycles. The SMILES string of the molecule is C=C(C)C(=O)Oc1ccc(-c2nc3cc(C(C)(C)CC)ccc3o2)cc1. The largest absolute Gasteiger partial charge is 0.436 e. The van der Waals surface area contributed by atoms with Crippen molar-refractivity contribution in [1.82, 2.24) is 4.98 Å². The molecule has 134 valence electrons. The highest BCUT2D eigenvalue weighted by Crippen LogP contribution is 2.31. The van der Waals surface area contributed by atoms with Gasteiger partial charge >= 0.3 is 5.97 Å². The lowest BCUT2D eigenvalue weighted by molar-refractivity contribution is -0.130.